The van der Waals surface area contributed by atoms with Crippen molar-refractivity contribution in [2.75, 3.05) is 22.9 Å². The maximum Gasteiger partial charge on any atom is 0.408 e. The predicted octanol–water partition coefficient (Wildman–Crippen LogP) is 11.8. The molecule has 2 aromatic rings. The first-order valence-electron chi connectivity index (χ1n) is 27.5. The zero-order valence-corrected chi connectivity index (χ0v) is 48.9. The monoisotopic (exact) mass is 1120 g/mol. The van der Waals surface area contributed by atoms with Crippen LogP contribution in [-0.4, -0.2) is 95.0 Å². The lowest BCUT2D eigenvalue weighted by Gasteiger charge is -2.39. The summed E-state index contributed by atoms with van der Waals surface area (Å²) in [5, 5.41) is 22.5. The van der Waals surface area contributed by atoms with Crippen molar-refractivity contribution in [1.82, 2.24) is 5.32 Å². The number of nitrogens with two attached hydrogens (primary N) is 1. The second-order valence-corrected chi connectivity index (χ2v) is 26.6. The highest BCUT2D eigenvalue weighted by Gasteiger charge is 2.40. The van der Waals surface area contributed by atoms with Crippen LogP contribution in [0, 0.1) is 58.2 Å². The van der Waals surface area contributed by atoms with Gasteiger partial charge in [-0.3, -0.25) is 19.2 Å². The molecule has 4 fully saturated rings. The number of thiophene rings is 2. The largest absolute Gasteiger partial charge is 0.477 e. The highest BCUT2D eigenvalue weighted by molar-refractivity contribution is 7.15. The van der Waals surface area contributed by atoms with E-state index in [4.69, 9.17) is 19.9 Å². The number of carboxylic acids is 2. The molecular weight excluding hydrogens is 1030 g/mol. The highest BCUT2D eigenvalue weighted by Crippen LogP contribution is 2.41. The molecule has 0 atom stereocenters. The van der Waals surface area contributed by atoms with Crippen LogP contribution in [0.1, 0.15) is 215 Å². The molecule has 0 bridgehead atoms. The van der Waals surface area contributed by atoms with E-state index in [2.05, 4.69) is 42.8 Å². The van der Waals surface area contributed by atoms with Gasteiger partial charge in [0.2, 0.25) is 11.8 Å². The van der Waals surface area contributed by atoms with Crippen LogP contribution in [0.3, 0.4) is 0 Å². The van der Waals surface area contributed by atoms with Gasteiger partial charge in [-0.1, -0.05) is 45.0 Å². The van der Waals surface area contributed by atoms with E-state index in [9.17, 15) is 43.8 Å². The summed E-state index contributed by atoms with van der Waals surface area (Å²) in [6, 6.07) is 3.16. The minimum atomic E-state index is -1.08. The standard InChI is InChI=1S/C32H46N2O7S.C27H38N2O5S.CH4/c1-20-8-10-21(11-9-20)28(36)34(25-18-24(16-17-31(2,3)4)42-27(25)29(37)38)22-12-14-23(15-13-22)40-26(35)19-33-30(39)41-32(5,6)7;1-17-5-7-18(8-6-17)25(31)29(19-9-11-20(12-10-19)34-23(30)16-28)22-15-21(13-14-27(2,3)4)35-24(22)26(32)33;/h18,20-23H,8-15,19H2,1-7H3,(H,33,39)(H,37,38);15,17-20H,5-12,16,28H2,1-4H3,(H,32,33);1H4. The van der Waals surface area contributed by atoms with Gasteiger partial charge in [0, 0.05) is 34.7 Å². The molecule has 16 nitrogen and oxygen atoms in total. The lowest BCUT2D eigenvalue weighted by atomic mass is 9.81. The van der Waals surface area contributed by atoms with Crippen molar-refractivity contribution >= 4 is 75.8 Å². The van der Waals surface area contributed by atoms with Gasteiger partial charge in [0.05, 0.1) is 27.7 Å². The van der Waals surface area contributed by atoms with Crippen molar-refractivity contribution in [2.24, 2.45) is 40.2 Å². The predicted molar refractivity (Wildman–Crippen MR) is 307 cm³/mol. The summed E-state index contributed by atoms with van der Waals surface area (Å²) in [6.45, 7) is 21.2. The maximum atomic E-state index is 14.1. The number of alkyl carbamates (subject to hydrolysis) is 1. The molecule has 6 rings (SSSR count). The lowest BCUT2D eigenvalue weighted by molar-refractivity contribution is -0.150. The molecule has 3 amide bonds. The fourth-order valence-electron chi connectivity index (χ4n) is 10.2. The van der Waals surface area contributed by atoms with E-state index >= 15 is 0 Å². The first-order valence-corrected chi connectivity index (χ1v) is 29.2. The average molecular weight is 1120 g/mol. The van der Waals surface area contributed by atoms with Crippen LogP contribution in [0.25, 0.3) is 0 Å². The molecule has 0 radical (unpaired) electrons. The smallest absolute Gasteiger partial charge is 0.408 e. The van der Waals surface area contributed by atoms with Crippen LogP contribution in [0.15, 0.2) is 12.1 Å². The maximum absolute atomic E-state index is 14.1. The number of nitrogens with one attached hydrogen (secondary N) is 1. The second kappa shape index (κ2) is 28.6. The molecule has 2 heterocycles. The van der Waals surface area contributed by atoms with E-state index in [1.165, 1.54) is 0 Å². The van der Waals surface area contributed by atoms with Gasteiger partial charge in [0.1, 0.15) is 34.1 Å². The number of carbonyl (C=O) groups excluding carboxylic acids is 5. The van der Waals surface area contributed by atoms with Crippen molar-refractivity contribution in [3.05, 3.63) is 31.6 Å². The number of hydrogen-bond acceptors (Lipinski definition) is 13. The number of aromatic carboxylic acids is 2. The van der Waals surface area contributed by atoms with Gasteiger partial charge in [-0.2, -0.15) is 0 Å². The van der Waals surface area contributed by atoms with E-state index < -0.39 is 35.6 Å². The Hall–Kier alpha value is -5.43. The van der Waals surface area contributed by atoms with Crippen LogP contribution in [0.5, 0.6) is 0 Å². The molecule has 0 unspecified atom stereocenters. The van der Waals surface area contributed by atoms with E-state index in [1.54, 1.807) is 42.7 Å². The molecule has 5 N–H and O–H groups in total. The summed E-state index contributed by atoms with van der Waals surface area (Å²) in [7, 11) is 0. The number of anilines is 2. The number of carboxylic acid groups (broad SMARTS) is 2. The van der Waals surface area contributed by atoms with Crippen molar-refractivity contribution in [3.8, 4) is 23.7 Å². The summed E-state index contributed by atoms with van der Waals surface area (Å²) in [5.74, 6) is 10.4. The summed E-state index contributed by atoms with van der Waals surface area (Å²) >= 11 is 2.23. The van der Waals surface area contributed by atoms with Gasteiger partial charge < -0.3 is 45.3 Å². The van der Waals surface area contributed by atoms with Gasteiger partial charge in [-0.15, -0.1) is 22.7 Å². The molecule has 78 heavy (non-hydrogen) atoms. The van der Waals surface area contributed by atoms with E-state index in [1.807, 2.05) is 41.5 Å². The Labute approximate surface area is 471 Å². The fraction of sp³-hybridized carbons (Fsp3) is 0.683. The Bertz CT molecular complexity index is 2530. The Morgan fingerprint density at radius 3 is 1.27 bits per heavy atom. The molecule has 4 aliphatic carbocycles. The molecule has 4 saturated carbocycles. The molecule has 2 aromatic heterocycles. The SMILES string of the molecule is C.CC1CCC(C(=O)N(c2cc(C#CC(C)(C)C)sc2C(=O)O)C2CCC(OC(=O)CN)CC2)CC1.CC1CCC(C(=O)N(c2cc(C#CC(C)(C)C)sc2C(=O)O)C2CCC(OC(=O)CNC(=O)OC(C)(C)C)CC2)CC1. The van der Waals surface area contributed by atoms with Crippen LogP contribution in [-0.2, 0) is 33.4 Å². The molecular formula is C60H88N4O12S2. The molecule has 0 aliphatic heterocycles. The average Bonchev–Trinajstić information content (AvgIpc) is 3.98. The fourth-order valence-corrected chi connectivity index (χ4v) is 11.9. The Morgan fingerprint density at radius 1 is 0.590 bits per heavy atom. The molecule has 4 aliphatic rings. The van der Waals surface area contributed by atoms with Crippen molar-refractivity contribution < 1.29 is 58.0 Å². The number of rotatable bonds is 13. The van der Waals surface area contributed by atoms with Crippen molar-refractivity contribution in [3.63, 3.8) is 0 Å². The van der Waals surface area contributed by atoms with Gasteiger partial charge in [0.15, 0.2) is 0 Å². The number of ether oxygens (including phenoxy) is 3. The zero-order chi connectivity index (χ0) is 57.0. The Morgan fingerprint density at radius 2 is 0.949 bits per heavy atom. The van der Waals surface area contributed by atoms with E-state index in [0.717, 1.165) is 74.0 Å². The van der Waals surface area contributed by atoms with Crippen molar-refractivity contribution in [2.45, 2.75) is 216 Å². The summed E-state index contributed by atoms with van der Waals surface area (Å²) in [6.07, 6.45) is 10.6. The minimum absolute atomic E-state index is 0. The number of nitrogens with zero attached hydrogens (tertiary/aromatic N) is 2. The van der Waals surface area contributed by atoms with Gasteiger partial charge in [0.25, 0.3) is 0 Å². The molecule has 0 saturated heterocycles. The van der Waals surface area contributed by atoms with E-state index in [-0.39, 0.29) is 89.0 Å². The zero-order valence-electron chi connectivity index (χ0n) is 47.3. The number of esters is 2. The van der Waals surface area contributed by atoms with Crippen LogP contribution in [0.4, 0.5) is 16.2 Å². The summed E-state index contributed by atoms with van der Waals surface area (Å²) in [4.78, 5) is 93.4. The topological polar surface area (TPSA) is 232 Å². The number of hydrogen-bond donors (Lipinski definition) is 4. The van der Waals surface area contributed by atoms with Gasteiger partial charge in [-0.05, 0) is 189 Å². The Balaban J connectivity index is 0.000000337. The molecule has 0 aromatic carbocycles. The third kappa shape index (κ3) is 20.0. The summed E-state index contributed by atoms with van der Waals surface area (Å²) in [5.41, 5.74) is 5.10. The lowest BCUT2D eigenvalue weighted by Crippen LogP contribution is -2.47. The third-order valence-corrected chi connectivity index (χ3v) is 16.3. The Kier molecular flexibility index (Phi) is 23.9. The van der Waals surface area contributed by atoms with Crippen molar-refractivity contribution in [1.29, 1.82) is 0 Å². The van der Waals surface area contributed by atoms with Crippen LogP contribution in [0.2, 0.25) is 0 Å². The number of carbonyl (C=O) groups is 7. The van der Waals surface area contributed by atoms with Crippen LogP contribution < -0.4 is 20.9 Å². The van der Waals surface area contributed by atoms with Gasteiger partial charge in [-0.25, -0.2) is 14.4 Å². The van der Waals surface area contributed by atoms with Crippen LogP contribution >= 0.6 is 22.7 Å². The molecule has 18 heteroatoms. The third-order valence-electron chi connectivity index (χ3n) is 14.2. The normalized spacial score (nSPS) is 23.3. The number of amides is 3. The first kappa shape index (κ1) is 65.1. The van der Waals surface area contributed by atoms with E-state index in [0.29, 0.717) is 84.3 Å². The highest BCUT2D eigenvalue weighted by atomic mass is 32.1. The van der Waals surface area contributed by atoms with Gasteiger partial charge >= 0.3 is 30.0 Å². The minimum Gasteiger partial charge on any atom is -0.477 e. The first-order chi connectivity index (χ1) is 36.0. The summed E-state index contributed by atoms with van der Waals surface area (Å²) < 4.78 is 16.2. The molecule has 0 spiro atoms. The molecule has 432 valence electrons. The quantitative estimate of drug-likeness (QED) is 0.0831. The second-order valence-electron chi connectivity index (χ2n) is 24.5.